The smallest absolute Gasteiger partial charge is 0.265 e. The number of hydrogen-bond donors (Lipinski definition) is 1. The highest BCUT2D eigenvalue weighted by atomic mass is 35.5. The summed E-state index contributed by atoms with van der Waals surface area (Å²) in [5.74, 6) is 1.12. The summed E-state index contributed by atoms with van der Waals surface area (Å²) in [4.78, 5) is 17.5. The lowest BCUT2D eigenvalue weighted by Gasteiger charge is -2.36. The lowest BCUT2D eigenvalue weighted by Crippen LogP contribution is -2.46. The van der Waals surface area contributed by atoms with E-state index in [2.05, 4.69) is 22.0 Å². The predicted octanol–water partition coefficient (Wildman–Crippen LogP) is 3.90. The number of benzene rings is 2. The molecule has 1 aliphatic rings. The summed E-state index contributed by atoms with van der Waals surface area (Å²) in [6.45, 7) is 8.79. The number of nitrogens with one attached hydrogen (secondary N) is 1. The van der Waals surface area contributed by atoms with Crippen LogP contribution in [0, 0.1) is 0 Å². The second kappa shape index (κ2) is 9.85. The van der Waals surface area contributed by atoms with Crippen molar-refractivity contribution in [2.45, 2.75) is 20.0 Å². The van der Waals surface area contributed by atoms with Gasteiger partial charge in [-0.05, 0) is 55.9 Å². The van der Waals surface area contributed by atoms with Gasteiger partial charge in [-0.25, -0.2) is 0 Å². The van der Waals surface area contributed by atoms with Crippen LogP contribution >= 0.6 is 11.6 Å². The zero-order valence-electron chi connectivity index (χ0n) is 17.2. The largest absolute Gasteiger partial charge is 0.497 e. The molecule has 1 heterocycles. The van der Waals surface area contributed by atoms with Crippen molar-refractivity contribution in [3.8, 4) is 11.5 Å². The first-order valence-corrected chi connectivity index (χ1v) is 10.3. The summed E-state index contributed by atoms with van der Waals surface area (Å²) >= 11 is 6.20. The number of ether oxygens (including phenoxy) is 2. The summed E-state index contributed by atoms with van der Waals surface area (Å²) < 4.78 is 10.9. The van der Waals surface area contributed by atoms with Crippen molar-refractivity contribution >= 4 is 28.9 Å². The van der Waals surface area contributed by atoms with Crippen molar-refractivity contribution in [1.29, 1.82) is 0 Å². The number of nitrogens with zero attached hydrogens (tertiary/aromatic N) is 2. The van der Waals surface area contributed by atoms with Crippen LogP contribution in [-0.4, -0.2) is 56.7 Å². The van der Waals surface area contributed by atoms with E-state index in [1.165, 1.54) is 0 Å². The summed E-state index contributed by atoms with van der Waals surface area (Å²) in [7, 11) is 1.61. The molecule has 0 spiro atoms. The lowest BCUT2D eigenvalue weighted by atomic mass is 10.2. The van der Waals surface area contributed by atoms with Crippen molar-refractivity contribution in [2.24, 2.45) is 0 Å². The molecule has 2 aromatic carbocycles. The van der Waals surface area contributed by atoms with Crippen LogP contribution < -0.4 is 19.7 Å². The zero-order valence-corrected chi connectivity index (χ0v) is 17.9. The Morgan fingerprint density at radius 1 is 1.10 bits per heavy atom. The molecule has 1 N–H and O–H groups in total. The second-order valence-electron chi connectivity index (χ2n) is 7.01. The average molecular weight is 418 g/mol. The molecule has 1 aliphatic heterocycles. The number of hydrogen-bond acceptors (Lipinski definition) is 5. The lowest BCUT2D eigenvalue weighted by molar-refractivity contribution is -0.122. The molecule has 0 saturated carbocycles. The number of methoxy groups -OCH3 is 1. The Hall–Kier alpha value is -2.44. The van der Waals surface area contributed by atoms with Gasteiger partial charge in [-0.3, -0.25) is 4.79 Å². The van der Waals surface area contributed by atoms with E-state index in [9.17, 15) is 4.79 Å². The van der Waals surface area contributed by atoms with Crippen molar-refractivity contribution < 1.29 is 14.3 Å². The Morgan fingerprint density at radius 3 is 2.38 bits per heavy atom. The van der Waals surface area contributed by atoms with E-state index in [1.54, 1.807) is 44.4 Å². The van der Waals surface area contributed by atoms with Gasteiger partial charge in [0.25, 0.3) is 5.91 Å². The maximum absolute atomic E-state index is 12.8. The summed E-state index contributed by atoms with van der Waals surface area (Å²) in [6, 6.07) is 12.8. The maximum atomic E-state index is 12.8. The molecule has 6 nitrogen and oxygen atoms in total. The van der Waals surface area contributed by atoms with Gasteiger partial charge in [0.1, 0.15) is 11.5 Å². The fourth-order valence-corrected chi connectivity index (χ4v) is 3.51. The molecule has 0 aliphatic carbocycles. The molecular weight excluding hydrogens is 390 g/mol. The number of amides is 1. The van der Waals surface area contributed by atoms with Gasteiger partial charge >= 0.3 is 0 Å². The third kappa shape index (κ3) is 5.55. The number of carbonyl (C=O) groups is 1. The Kier molecular flexibility index (Phi) is 7.23. The molecule has 1 amide bonds. The molecule has 0 bridgehead atoms. The average Bonchev–Trinajstić information content (AvgIpc) is 2.74. The number of halogens is 1. The van der Waals surface area contributed by atoms with Gasteiger partial charge < -0.3 is 24.6 Å². The van der Waals surface area contributed by atoms with Crippen LogP contribution in [0.15, 0.2) is 42.5 Å². The van der Waals surface area contributed by atoms with Gasteiger partial charge in [0, 0.05) is 31.2 Å². The van der Waals surface area contributed by atoms with Gasteiger partial charge in [0.05, 0.1) is 18.5 Å². The fourth-order valence-electron chi connectivity index (χ4n) is 3.34. The van der Waals surface area contributed by atoms with Crippen molar-refractivity contribution in [2.75, 3.05) is 50.1 Å². The van der Waals surface area contributed by atoms with Crippen molar-refractivity contribution in [3.63, 3.8) is 0 Å². The first kappa shape index (κ1) is 21.3. The van der Waals surface area contributed by atoms with Gasteiger partial charge in [-0.15, -0.1) is 0 Å². The number of likely N-dealkylation sites (N-methyl/N-ethyl adjacent to an activating group) is 1. The first-order chi connectivity index (χ1) is 14.0. The third-order valence-corrected chi connectivity index (χ3v) is 5.35. The highest BCUT2D eigenvalue weighted by Gasteiger charge is 2.21. The topological polar surface area (TPSA) is 54.0 Å². The summed E-state index contributed by atoms with van der Waals surface area (Å²) in [5.41, 5.74) is 1.69. The number of carbonyl (C=O) groups excluding carboxylic acids is 1. The second-order valence-corrected chi connectivity index (χ2v) is 7.44. The molecule has 1 unspecified atom stereocenters. The number of piperazine rings is 1. The van der Waals surface area contributed by atoms with E-state index in [0.29, 0.717) is 16.5 Å². The van der Waals surface area contributed by atoms with E-state index >= 15 is 0 Å². The molecule has 1 fully saturated rings. The van der Waals surface area contributed by atoms with Crippen LogP contribution in [0.1, 0.15) is 13.8 Å². The molecular formula is C22H28ClN3O3. The number of anilines is 2. The highest BCUT2D eigenvalue weighted by Crippen LogP contribution is 2.30. The van der Waals surface area contributed by atoms with E-state index in [-0.39, 0.29) is 5.91 Å². The van der Waals surface area contributed by atoms with E-state index in [0.717, 1.165) is 44.2 Å². The third-order valence-electron chi connectivity index (χ3n) is 5.12. The van der Waals surface area contributed by atoms with Gasteiger partial charge in [0.2, 0.25) is 0 Å². The monoisotopic (exact) mass is 417 g/mol. The molecule has 0 radical (unpaired) electrons. The van der Waals surface area contributed by atoms with Gasteiger partial charge in [-0.1, -0.05) is 18.5 Å². The fraction of sp³-hybridized carbons (Fsp3) is 0.409. The molecule has 29 heavy (non-hydrogen) atoms. The minimum atomic E-state index is -0.660. The first-order valence-electron chi connectivity index (χ1n) is 9.88. The Bertz CT molecular complexity index is 821. The van der Waals surface area contributed by atoms with E-state index < -0.39 is 6.10 Å². The van der Waals surface area contributed by atoms with E-state index in [4.69, 9.17) is 21.1 Å². The van der Waals surface area contributed by atoms with E-state index in [1.807, 2.05) is 12.1 Å². The quantitative estimate of drug-likeness (QED) is 0.740. The molecule has 1 atom stereocenters. The summed E-state index contributed by atoms with van der Waals surface area (Å²) in [5, 5.41) is 3.57. The summed E-state index contributed by atoms with van der Waals surface area (Å²) in [6.07, 6.45) is -0.660. The SMILES string of the molecule is CCN1CCN(c2ccc(Cl)cc2NC(=O)C(C)Oc2ccc(OC)cc2)CC1. The molecule has 156 valence electrons. The maximum Gasteiger partial charge on any atom is 0.265 e. The van der Waals surface area contributed by atoms with Crippen LogP contribution in [0.25, 0.3) is 0 Å². The predicted molar refractivity (Wildman–Crippen MR) is 117 cm³/mol. The van der Waals surface area contributed by atoms with Crippen LogP contribution in [0.5, 0.6) is 11.5 Å². The molecule has 0 aromatic heterocycles. The van der Waals surface area contributed by atoms with Gasteiger partial charge in [0.15, 0.2) is 6.10 Å². The van der Waals surface area contributed by atoms with Gasteiger partial charge in [-0.2, -0.15) is 0 Å². The Balaban J connectivity index is 1.68. The molecule has 2 aromatic rings. The van der Waals surface area contributed by atoms with Crippen LogP contribution in [0.3, 0.4) is 0 Å². The standard InChI is InChI=1S/C22H28ClN3O3/c1-4-25-11-13-26(14-12-25)21-10-5-17(23)15-20(21)24-22(27)16(2)29-19-8-6-18(28-3)7-9-19/h5-10,15-16H,4,11-14H2,1-3H3,(H,24,27). The van der Waals surface area contributed by atoms with Crippen LogP contribution in [0.4, 0.5) is 11.4 Å². The van der Waals surface area contributed by atoms with Crippen molar-refractivity contribution in [3.05, 3.63) is 47.5 Å². The van der Waals surface area contributed by atoms with Crippen LogP contribution in [-0.2, 0) is 4.79 Å². The highest BCUT2D eigenvalue weighted by molar-refractivity contribution is 6.31. The molecule has 3 rings (SSSR count). The minimum Gasteiger partial charge on any atom is -0.497 e. The van der Waals surface area contributed by atoms with Crippen molar-refractivity contribution in [1.82, 2.24) is 4.90 Å². The van der Waals surface area contributed by atoms with Crippen LogP contribution in [0.2, 0.25) is 5.02 Å². The normalized spacial score (nSPS) is 15.7. The minimum absolute atomic E-state index is 0.225. The molecule has 7 heteroatoms. The Labute approximate surface area is 177 Å². The Morgan fingerprint density at radius 2 is 1.76 bits per heavy atom. The number of rotatable bonds is 7. The zero-order chi connectivity index (χ0) is 20.8. The molecule has 1 saturated heterocycles.